The van der Waals surface area contributed by atoms with Crippen molar-refractivity contribution in [3.05, 3.63) is 53.9 Å². The zero-order valence-electron chi connectivity index (χ0n) is 21.0. The molecule has 2 aliphatic rings. The average Bonchev–Trinajstić information content (AvgIpc) is 2.89. The molecule has 4 rings (SSSR count). The Morgan fingerprint density at radius 2 is 1.55 bits per heavy atom. The van der Waals surface area contributed by atoms with Gasteiger partial charge in [-0.05, 0) is 80.8 Å². The molecule has 2 aliphatic heterocycles. The lowest BCUT2D eigenvalue weighted by Gasteiger charge is -2.34. The van der Waals surface area contributed by atoms with Gasteiger partial charge in [-0.1, -0.05) is 0 Å². The van der Waals surface area contributed by atoms with Gasteiger partial charge in [0.2, 0.25) is 5.91 Å². The molecule has 0 atom stereocenters. The Bertz CT molecular complexity index is 1060. The molecule has 0 aliphatic carbocycles. The lowest BCUT2D eigenvalue weighted by atomic mass is 9.91. The number of aromatic nitrogens is 1. The number of nitrogens with one attached hydrogen (secondary N) is 1. The monoisotopic (exact) mass is 542 g/mol. The molecule has 11 heteroatoms. The van der Waals surface area contributed by atoms with Crippen LogP contribution in [0.4, 0.5) is 37.7 Å². The van der Waals surface area contributed by atoms with E-state index in [0.29, 0.717) is 44.0 Å². The van der Waals surface area contributed by atoms with Crippen LogP contribution >= 0.6 is 0 Å². The van der Waals surface area contributed by atoms with Gasteiger partial charge in [0.05, 0.1) is 5.56 Å². The maximum atomic E-state index is 12.9. The van der Waals surface area contributed by atoms with Gasteiger partial charge in [0.25, 0.3) is 0 Å². The molecule has 5 nitrogen and oxygen atoms in total. The molecule has 2 saturated heterocycles. The summed E-state index contributed by atoms with van der Waals surface area (Å²) in [6.07, 6.45) is -2.27. The van der Waals surface area contributed by atoms with Crippen molar-refractivity contribution in [3.8, 4) is 0 Å². The molecule has 1 N–H and O–H groups in total. The molecule has 1 amide bonds. The van der Waals surface area contributed by atoms with Crippen molar-refractivity contribution in [2.75, 3.05) is 36.4 Å². The van der Waals surface area contributed by atoms with Crippen molar-refractivity contribution in [1.82, 2.24) is 9.88 Å². The van der Waals surface area contributed by atoms with E-state index in [1.807, 2.05) is 4.90 Å². The number of halogens is 6. The van der Waals surface area contributed by atoms with Crippen LogP contribution in [0.25, 0.3) is 0 Å². The molecule has 0 saturated carbocycles. The van der Waals surface area contributed by atoms with Crippen LogP contribution in [0.1, 0.15) is 56.2 Å². The Hall–Kier alpha value is -2.98. The highest BCUT2D eigenvalue weighted by molar-refractivity contribution is 5.76. The number of likely N-dealkylation sites (tertiary alicyclic amines) is 1. The molecule has 0 radical (unpaired) electrons. The number of nitrogens with zero attached hydrogens (tertiary/aromatic N) is 3. The van der Waals surface area contributed by atoms with Crippen molar-refractivity contribution in [3.63, 3.8) is 0 Å². The number of carbonyl (C=O) groups excluding carboxylic acids is 1. The largest absolute Gasteiger partial charge is 0.433 e. The van der Waals surface area contributed by atoms with E-state index in [0.717, 1.165) is 68.9 Å². The normalized spacial score (nSPS) is 18.1. The molecule has 1 aromatic heterocycles. The first-order valence-electron chi connectivity index (χ1n) is 13.0. The van der Waals surface area contributed by atoms with Gasteiger partial charge in [-0.25, -0.2) is 0 Å². The van der Waals surface area contributed by atoms with E-state index in [9.17, 15) is 31.1 Å². The molecule has 2 aromatic rings. The summed E-state index contributed by atoms with van der Waals surface area (Å²) in [4.78, 5) is 20.0. The number of pyridine rings is 1. The van der Waals surface area contributed by atoms with Crippen molar-refractivity contribution in [2.45, 2.75) is 63.3 Å². The summed E-state index contributed by atoms with van der Waals surface area (Å²) in [6, 6.07) is 7.81. The average molecular weight is 543 g/mol. The minimum absolute atomic E-state index is 0.00242. The van der Waals surface area contributed by atoms with Crippen LogP contribution < -0.4 is 10.2 Å². The topological polar surface area (TPSA) is 48.5 Å². The molecule has 208 valence electrons. The lowest BCUT2D eigenvalue weighted by Crippen LogP contribution is -2.42. The van der Waals surface area contributed by atoms with E-state index in [2.05, 4.69) is 15.2 Å². The zero-order chi connectivity index (χ0) is 27.3. The summed E-state index contributed by atoms with van der Waals surface area (Å²) < 4.78 is 76.9. The second-order valence-corrected chi connectivity index (χ2v) is 10.1. The first-order valence-corrected chi connectivity index (χ1v) is 13.0. The number of rotatable bonds is 7. The maximum absolute atomic E-state index is 12.9. The SMILES string of the molecule is O=C(CCCC1CCN(c2ccc(C(F)(F)F)cc2)CC1)N1CCC(Nc2ccnc(C(F)(F)F)c2)CC1. The molecule has 38 heavy (non-hydrogen) atoms. The summed E-state index contributed by atoms with van der Waals surface area (Å²) >= 11 is 0. The van der Waals surface area contributed by atoms with Gasteiger partial charge in [-0.3, -0.25) is 9.78 Å². The van der Waals surface area contributed by atoms with E-state index < -0.39 is 23.6 Å². The molecule has 2 fully saturated rings. The van der Waals surface area contributed by atoms with Gasteiger partial charge in [0, 0.05) is 56.2 Å². The van der Waals surface area contributed by atoms with Gasteiger partial charge in [-0.2, -0.15) is 26.3 Å². The van der Waals surface area contributed by atoms with Gasteiger partial charge in [0.15, 0.2) is 0 Å². The summed E-state index contributed by atoms with van der Waals surface area (Å²) in [6.45, 7) is 2.71. The summed E-state index contributed by atoms with van der Waals surface area (Å²) in [5, 5.41) is 3.13. The third kappa shape index (κ3) is 7.54. The van der Waals surface area contributed by atoms with Crippen LogP contribution in [0.3, 0.4) is 0 Å². The van der Waals surface area contributed by atoms with E-state index in [-0.39, 0.29) is 11.9 Å². The molecular weight excluding hydrogens is 510 g/mol. The highest BCUT2D eigenvalue weighted by atomic mass is 19.4. The third-order valence-corrected chi connectivity index (χ3v) is 7.45. The Labute approximate surface area is 218 Å². The zero-order valence-corrected chi connectivity index (χ0v) is 21.0. The molecule has 3 heterocycles. The quantitative estimate of drug-likeness (QED) is 0.400. The third-order valence-electron chi connectivity index (χ3n) is 7.45. The second kappa shape index (κ2) is 11.8. The van der Waals surface area contributed by atoms with E-state index in [4.69, 9.17) is 0 Å². The highest BCUT2D eigenvalue weighted by Crippen LogP contribution is 2.32. The maximum Gasteiger partial charge on any atom is 0.433 e. The Morgan fingerprint density at radius 3 is 2.16 bits per heavy atom. The first kappa shape index (κ1) is 28.0. The first-order chi connectivity index (χ1) is 18.0. The summed E-state index contributed by atoms with van der Waals surface area (Å²) in [5.74, 6) is 0.597. The Balaban J connectivity index is 1.13. The number of alkyl halides is 6. The number of amides is 1. The standard InChI is InChI=1S/C27H32F6N4O/c28-26(29,30)20-4-6-23(7-5-20)36-14-9-19(10-15-36)2-1-3-25(38)37-16-11-21(12-17-37)35-22-8-13-34-24(18-22)27(31,32)33/h4-8,13,18-19,21H,1-3,9-12,14-17H2,(H,34,35). The number of hydrogen-bond donors (Lipinski definition) is 1. The Morgan fingerprint density at radius 1 is 0.895 bits per heavy atom. The number of hydrogen-bond acceptors (Lipinski definition) is 4. The molecule has 0 spiro atoms. The number of carbonyl (C=O) groups is 1. The van der Waals surface area contributed by atoms with Crippen LogP contribution in [-0.2, 0) is 17.1 Å². The predicted octanol–water partition coefficient (Wildman–Crippen LogP) is 6.61. The molecule has 0 bridgehead atoms. The molecule has 0 unspecified atom stereocenters. The van der Waals surface area contributed by atoms with Gasteiger partial charge < -0.3 is 15.1 Å². The number of benzene rings is 1. The van der Waals surface area contributed by atoms with E-state index >= 15 is 0 Å². The summed E-state index contributed by atoms with van der Waals surface area (Å²) in [7, 11) is 0. The fraction of sp³-hybridized carbons (Fsp3) is 0.556. The van der Waals surface area contributed by atoms with Crippen LogP contribution in [-0.4, -0.2) is 48.0 Å². The van der Waals surface area contributed by atoms with Gasteiger partial charge >= 0.3 is 12.4 Å². The van der Waals surface area contributed by atoms with Crippen LogP contribution in [0, 0.1) is 5.92 Å². The minimum Gasteiger partial charge on any atom is -0.382 e. The van der Waals surface area contributed by atoms with Crippen molar-refractivity contribution < 1.29 is 31.1 Å². The van der Waals surface area contributed by atoms with Crippen LogP contribution in [0.5, 0.6) is 0 Å². The Kier molecular flexibility index (Phi) is 8.72. The minimum atomic E-state index is -4.49. The predicted molar refractivity (Wildman–Crippen MR) is 133 cm³/mol. The van der Waals surface area contributed by atoms with Crippen molar-refractivity contribution >= 4 is 17.3 Å². The lowest BCUT2D eigenvalue weighted by molar-refractivity contribution is -0.141. The van der Waals surface area contributed by atoms with Crippen LogP contribution in [0.15, 0.2) is 42.6 Å². The molecular formula is C27H32F6N4O. The van der Waals surface area contributed by atoms with E-state index in [1.54, 1.807) is 0 Å². The van der Waals surface area contributed by atoms with Gasteiger partial charge in [0.1, 0.15) is 5.69 Å². The van der Waals surface area contributed by atoms with Crippen molar-refractivity contribution in [1.29, 1.82) is 0 Å². The number of anilines is 2. The smallest absolute Gasteiger partial charge is 0.382 e. The fourth-order valence-electron chi connectivity index (χ4n) is 5.23. The van der Waals surface area contributed by atoms with E-state index in [1.165, 1.54) is 18.2 Å². The second-order valence-electron chi connectivity index (χ2n) is 10.1. The highest BCUT2D eigenvalue weighted by Gasteiger charge is 2.33. The van der Waals surface area contributed by atoms with Crippen molar-refractivity contribution in [2.24, 2.45) is 5.92 Å². The summed E-state index contributed by atoms with van der Waals surface area (Å²) in [5.41, 5.74) is -0.398. The van der Waals surface area contributed by atoms with Gasteiger partial charge in [-0.15, -0.1) is 0 Å². The van der Waals surface area contributed by atoms with Crippen LogP contribution in [0.2, 0.25) is 0 Å². The fourth-order valence-corrected chi connectivity index (χ4v) is 5.23. The molecule has 1 aromatic carbocycles. The number of piperidine rings is 2.